The van der Waals surface area contributed by atoms with Crippen LogP contribution in [0.3, 0.4) is 0 Å². The summed E-state index contributed by atoms with van der Waals surface area (Å²) in [5, 5.41) is 14.0. The van der Waals surface area contributed by atoms with Gasteiger partial charge < -0.3 is 9.72 Å². The molecule has 0 saturated carbocycles. The Kier molecular flexibility index (Phi) is 7.78. The highest BCUT2D eigenvalue weighted by Gasteiger charge is 2.31. The van der Waals surface area contributed by atoms with Crippen LogP contribution in [0.25, 0.3) is 10.9 Å². The molecule has 2 aromatic heterocycles. The Hall–Kier alpha value is -3.52. The largest absolute Gasteiger partial charge is 0.497 e. The SMILES string of the molecule is CC[C@H](c1nnnn1C(C)(C)CC)N(Cc1ccc(OC)cc1)Cc1cc2c(C)ccc(C)c2[nH]c1=O. The van der Waals surface area contributed by atoms with Crippen molar-refractivity contribution in [2.75, 3.05) is 7.11 Å². The normalized spacial score (nSPS) is 12.9. The number of fused-ring (bicyclic) bond motifs is 1. The number of methoxy groups -OCH3 is 1. The van der Waals surface area contributed by atoms with E-state index in [0.717, 1.165) is 57.6 Å². The van der Waals surface area contributed by atoms with Crippen LogP contribution in [0.2, 0.25) is 0 Å². The molecule has 0 aliphatic heterocycles. The van der Waals surface area contributed by atoms with E-state index in [4.69, 9.17) is 4.74 Å². The molecule has 196 valence electrons. The van der Waals surface area contributed by atoms with Gasteiger partial charge in [0.2, 0.25) is 0 Å². The number of rotatable bonds is 10. The summed E-state index contributed by atoms with van der Waals surface area (Å²) < 4.78 is 7.30. The van der Waals surface area contributed by atoms with Gasteiger partial charge in [0.05, 0.1) is 24.2 Å². The first-order chi connectivity index (χ1) is 17.7. The third-order valence-corrected chi connectivity index (χ3v) is 7.50. The lowest BCUT2D eigenvalue weighted by molar-refractivity contribution is 0.150. The molecule has 1 N–H and O–H groups in total. The average molecular weight is 503 g/mol. The number of hydrogen-bond acceptors (Lipinski definition) is 6. The second kappa shape index (κ2) is 10.8. The zero-order valence-electron chi connectivity index (χ0n) is 23.0. The van der Waals surface area contributed by atoms with Crippen molar-refractivity contribution in [1.29, 1.82) is 0 Å². The zero-order chi connectivity index (χ0) is 26.7. The Labute approximate surface area is 218 Å². The van der Waals surface area contributed by atoms with Crippen LogP contribution >= 0.6 is 0 Å². The average Bonchev–Trinajstić information content (AvgIpc) is 3.38. The van der Waals surface area contributed by atoms with Crippen molar-refractivity contribution in [3.05, 3.63) is 80.9 Å². The van der Waals surface area contributed by atoms with Crippen LogP contribution < -0.4 is 10.3 Å². The first-order valence-electron chi connectivity index (χ1n) is 13.0. The van der Waals surface area contributed by atoms with Crippen molar-refractivity contribution >= 4 is 10.9 Å². The van der Waals surface area contributed by atoms with Gasteiger partial charge in [-0.25, -0.2) is 4.68 Å². The van der Waals surface area contributed by atoms with Crippen LogP contribution in [0, 0.1) is 13.8 Å². The minimum Gasteiger partial charge on any atom is -0.497 e. The summed E-state index contributed by atoms with van der Waals surface area (Å²) in [5.41, 5.74) is 4.65. The van der Waals surface area contributed by atoms with E-state index in [2.05, 4.69) is 78.2 Å². The lowest BCUT2D eigenvalue weighted by atomic mass is 10.0. The van der Waals surface area contributed by atoms with Gasteiger partial charge in [0.1, 0.15) is 5.75 Å². The quantitative estimate of drug-likeness (QED) is 0.311. The molecule has 2 aromatic carbocycles. The number of aryl methyl sites for hydroxylation is 2. The van der Waals surface area contributed by atoms with E-state index >= 15 is 0 Å². The molecule has 0 saturated heterocycles. The predicted octanol–water partition coefficient (Wildman–Crippen LogP) is 5.44. The lowest BCUT2D eigenvalue weighted by Gasteiger charge is -2.33. The summed E-state index contributed by atoms with van der Waals surface area (Å²) in [6.07, 6.45) is 1.68. The van der Waals surface area contributed by atoms with E-state index in [9.17, 15) is 4.79 Å². The first-order valence-corrected chi connectivity index (χ1v) is 13.0. The maximum atomic E-state index is 13.3. The number of benzene rings is 2. The van der Waals surface area contributed by atoms with Gasteiger partial charge in [0.15, 0.2) is 5.82 Å². The zero-order valence-corrected chi connectivity index (χ0v) is 23.0. The Morgan fingerprint density at radius 3 is 2.41 bits per heavy atom. The second-order valence-corrected chi connectivity index (χ2v) is 10.4. The molecule has 0 unspecified atom stereocenters. The van der Waals surface area contributed by atoms with E-state index in [-0.39, 0.29) is 17.1 Å². The Morgan fingerprint density at radius 1 is 1.05 bits per heavy atom. The molecule has 0 fully saturated rings. The van der Waals surface area contributed by atoms with Gasteiger partial charge in [-0.1, -0.05) is 38.1 Å². The Morgan fingerprint density at radius 2 is 1.76 bits per heavy atom. The van der Waals surface area contributed by atoms with Gasteiger partial charge in [0.25, 0.3) is 5.56 Å². The summed E-state index contributed by atoms with van der Waals surface area (Å²) in [7, 11) is 1.67. The van der Waals surface area contributed by atoms with Gasteiger partial charge in [-0.3, -0.25) is 9.69 Å². The van der Waals surface area contributed by atoms with Crippen molar-refractivity contribution in [3.8, 4) is 5.75 Å². The molecule has 0 spiro atoms. The minimum atomic E-state index is -0.229. The van der Waals surface area contributed by atoms with Crippen LogP contribution in [0.5, 0.6) is 5.75 Å². The second-order valence-electron chi connectivity index (χ2n) is 10.4. The molecule has 0 amide bonds. The van der Waals surface area contributed by atoms with Crippen molar-refractivity contribution in [2.24, 2.45) is 0 Å². The number of hydrogen-bond donors (Lipinski definition) is 1. The fourth-order valence-corrected chi connectivity index (χ4v) is 4.78. The third kappa shape index (κ3) is 5.44. The van der Waals surface area contributed by atoms with Crippen molar-refractivity contribution < 1.29 is 4.74 Å². The van der Waals surface area contributed by atoms with E-state index in [1.165, 1.54) is 0 Å². The van der Waals surface area contributed by atoms with Crippen LogP contribution in [-0.4, -0.2) is 37.2 Å². The third-order valence-electron chi connectivity index (χ3n) is 7.50. The van der Waals surface area contributed by atoms with Gasteiger partial charge in [-0.15, -0.1) is 5.10 Å². The standard InChI is InChI=1S/C29H38N6O2/c1-8-25(27-31-32-33-35(27)29(5,6)9-2)34(17-21-12-14-23(37-7)15-13-21)18-22-16-24-19(3)10-11-20(4)26(24)30-28(22)36/h10-16,25H,8-9,17-18H2,1-7H3,(H,30,36)/t25-/m1/s1. The molecule has 0 radical (unpaired) electrons. The highest BCUT2D eigenvalue weighted by Crippen LogP contribution is 2.31. The van der Waals surface area contributed by atoms with Gasteiger partial charge in [0, 0.05) is 24.0 Å². The minimum absolute atomic E-state index is 0.0655. The number of pyridine rings is 1. The van der Waals surface area contributed by atoms with Gasteiger partial charge in [-0.2, -0.15) is 0 Å². The summed E-state index contributed by atoms with van der Waals surface area (Å²) in [5.74, 6) is 1.62. The fourth-order valence-electron chi connectivity index (χ4n) is 4.78. The number of nitrogens with zero attached hydrogens (tertiary/aromatic N) is 5. The number of tetrazole rings is 1. The monoisotopic (exact) mass is 502 g/mol. The van der Waals surface area contributed by atoms with Crippen LogP contribution in [0.1, 0.15) is 74.7 Å². The number of aromatic amines is 1. The van der Waals surface area contributed by atoms with Crippen molar-refractivity contribution in [2.45, 2.75) is 79.1 Å². The van der Waals surface area contributed by atoms with Crippen LogP contribution in [0.15, 0.2) is 47.3 Å². The molecule has 1 atom stereocenters. The predicted molar refractivity (Wildman–Crippen MR) is 147 cm³/mol. The molecular weight excluding hydrogens is 464 g/mol. The summed E-state index contributed by atoms with van der Waals surface area (Å²) in [6.45, 7) is 13.8. The number of aromatic nitrogens is 5. The van der Waals surface area contributed by atoms with Crippen molar-refractivity contribution in [1.82, 2.24) is 30.1 Å². The molecule has 8 nitrogen and oxygen atoms in total. The number of ether oxygens (including phenoxy) is 1. The number of nitrogens with one attached hydrogen (secondary N) is 1. The molecule has 0 aliphatic carbocycles. The molecule has 0 bridgehead atoms. The van der Waals surface area contributed by atoms with Gasteiger partial charge >= 0.3 is 0 Å². The summed E-state index contributed by atoms with van der Waals surface area (Å²) in [4.78, 5) is 18.7. The van der Waals surface area contributed by atoms with E-state index in [1.54, 1.807) is 7.11 Å². The lowest BCUT2D eigenvalue weighted by Crippen LogP contribution is -2.36. The highest BCUT2D eigenvalue weighted by atomic mass is 16.5. The fraction of sp³-hybridized carbons (Fsp3) is 0.448. The Bertz CT molecular complexity index is 1420. The maximum absolute atomic E-state index is 13.3. The van der Waals surface area contributed by atoms with Gasteiger partial charge in [-0.05, 0) is 85.9 Å². The molecule has 4 aromatic rings. The van der Waals surface area contributed by atoms with Crippen molar-refractivity contribution in [3.63, 3.8) is 0 Å². The van der Waals surface area contributed by atoms with E-state index in [1.807, 2.05) is 35.9 Å². The molecule has 37 heavy (non-hydrogen) atoms. The summed E-state index contributed by atoms with van der Waals surface area (Å²) >= 11 is 0. The highest BCUT2D eigenvalue weighted by molar-refractivity contribution is 5.85. The van der Waals surface area contributed by atoms with E-state index < -0.39 is 0 Å². The van der Waals surface area contributed by atoms with Crippen LogP contribution in [0.4, 0.5) is 0 Å². The molecule has 4 rings (SSSR count). The van der Waals surface area contributed by atoms with E-state index in [0.29, 0.717) is 13.1 Å². The number of H-pyrrole nitrogens is 1. The molecule has 2 heterocycles. The first kappa shape index (κ1) is 26.5. The Balaban J connectivity index is 1.79. The molecular formula is C29H38N6O2. The molecule has 0 aliphatic rings. The smallest absolute Gasteiger partial charge is 0.252 e. The van der Waals surface area contributed by atoms with Crippen LogP contribution in [-0.2, 0) is 18.6 Å². The topological polar surface area (TPSA) is 88.9 Å². The molecule has 8 heteroatoms. The summed E-state index contributed by atoms with van der Waals surface area (Å²) in [6, 6.07) is 14.2. The maximum Gasteiger partial charge on any atom is 0.252 e.